The van der Waals surface area contributed by atoms with E-state index in [2.05, 4.69) is 25.8 Å². The van der Waals surface area contributed by atoms with Crippen LogP contribution >= 0.6 is 0 Å². The highest BCUT2D eigenvalue weighted by molar-refractivity contribution is 5.92. The Balaban J connectivity index is 1.75. The van der Waals surface area contributed by atoms with Gasteiger partial charge >= 0.3 is 0 Å². The first-order chi connectivity index (χ1) is 11.2. The summed E-state index contributed by atoms with van der Waals surface area (Å²) >= 11 is 0. The molecule has 0 radical (unpaired) electrons. The minimum Gasteiger partial charge on any atom is -0.354 e. The third-order valence-corrected chi connectivity index (χ3v) is 4.78. The molecule has 0 aliphatic carbocycles. The molecule has 0 spiro atoms. The van der Waals surface area contributed by atoms with Crippen LogP contribution in [-0.4, -0.2) is 45.1 Å². The molecular weight excluding hydrogens is 290 g/mol. The summed E-state index contributed by atoms with van der Waals surface area (Å²) in [5, 5.41) is 2.71. The number of carbonyl (C=O) groups is 1. The fraction of sp³-hybridized carbons (Fsp3) is 0.529. The molecule has 2 aromatic heterocycles. The summed E-state index contributed by atoms with van der Waals surface area (Å²) in [7, 11) is 3.66. The van der Waals surface area contributed by atoms with Crippen LogP contribution in [0.1, 0.15) is 41.5 Å². The Labute approximate surface area is 137 Å². The molecule has 1 fully saturated rings. The van der Waals surface area contributed by atoms with Gasteiger partial charge in [0.05, 0.1) is 12.4 Å². The molecule has 0 aromatic carbocycles. The maximum absolute atomic E-state index is 11.9. The lowest BCUT2D eigenvalue weighted by molar-refractivity contribution is 0.0952. The quantitative estimate of drug-likeness (QED) is 0.915. The van der Waals surface area contributed by atoms with Crippen LogP contribution in [0.5, 0.6) is 0 Å². The molecule has 1 saturated heterocycles. The van der Waals surface area contributed by atoms with Gasteiger partial charge in [-0.2, -0.15) is 0 Å². The summed E-state index contributed by atoms with van der Waals surface area (Å²) in [6.07, 6.45) is 9.33. The van der Waals surface area contributed by atoms with Gasteiger partial charge in [0.25, 0.3) is 5.91 Å². The van der Waals surface area contributed by atoms with Crippen LogP contribution < -0.4 is 5.32 Å². The smallest absolute Gasteiger partial charge is 0.267 e. The van der Waals surface area contributed by atoms with E-state index in [1.807, 2.05) is 36.4 Å². The molecule has 0 bridgehead atoms. The van der Waals surface area contributed by atoms with Crippen molar-refractivity contribution in [3.63, 3.8) is 0 Å². The predicted molar refractivity (Wildman–Crippen MR) is 89.2 cm³/mol. The van der Waals surface area contributed by atoms with Crippen LogP contribution in [0, 0.1) is 0 Å². The molecule has 1 aliphatic heterocycles. The van der Waals surface area contributed by atoms with Gasteiger partial charge in [-0.15, -0.1) is 0 Å². The molecule has 6 nitrogen and oxygen atoms in total. The minimum atomic E-state index is -0.0282. The summed E-state index contributed by atoms with van der Waals surface area (Å²) in [6.45, 7) is 3.06. The number of nitrogens with one attached hydrogen (secondary N) is 1. The van der Waals surface area contributed by atoms with E-state index in [0.29, 0.717) is 6.04 Å². The zero-order chi connectivity index (χ0) is 16.2. The zero-order valence-electron chi connectivity index (χ0n) is 13.9. The largest absolute Gasteiger partial charge is 0.354 e. The molecule has 23 heavy (non-hydrogen) atoms. The minimum absolute atomic E-state index is 0.0282. The molecule has 2 aromatic rings. The van der Waals surface area contributed by atoms with Crippen LogP contribution in [-0.2, 0) is 13.6 Å². The van der Waals surface area contributed by atoms with Crippen molar-refractivity contribution in [3.8, 4) is 0 Å². The summed E-state index contributed by atoms with van der Waals surface area (Å²) in [5.41, 5.74) is 1.96. The van der Waals surface area contributed by atoms with Gasteiger partial charge in [0.2, 0.25) is 0 Å². The third-order valence-electron chi connectivity index (χ3n) is 4.78. The van der Waals surface area contributed by atoms with Crippen LogP contribution in [0.2, 0.25) is 0 Å². The Kier molecular flexibility index (Phi) is 4.81. The van der Waals surface area contributed by atoms with Crippen LogP contribution in [0.3, 0.4) is 0 Å². The molecular formula is C17H25N5O. The summed E-state index contributed by atoms with van der Waals surface area (Å²) in [4.78, 5) is 18.6. The highest BCUT2D eigenvalue weighted by Gasteiger charge is 2.26. The van der Waals surface area contributed by atoms with Gasteiger partial charge in [-0.25, -0.2) is 4.98 Å². The third kappa shape index (κ3) is 3.32. The van der Waals surface area contributed by atoms with E-state index in [0.717, 1.165) is 31.7 Å². The number of amides is 1. The van der Waals surface area contributed by atoms with Gasteiger partial charge in [0.15, 0.2) is 0 Å². The van der Waals surface area contributed by atoms with Crippen LogP contribution in [0.15, 0.2) is 30.9 Å². The van der Waals surface area contributed by atoms with Crippen LogP contribution in [0.25, 0.3) is 0 Å². The topological polar surface area (TPSA) is 55.1 Å². The number of likely N-dealkylation sites (tertiary alicyclic amines) is 1. The van der Waals surface area contributed by atoms with Crippen LogP contribution in [0.4, 0.5) is 0 Å². The molecule has 3 heterocycles. The van der Waals surface area contributed by atoms with E-state index in [1.165, 1.54) is 18.5 Å². The lowest BCUT2D eigenvalue weighted by atomic mass is 9.99. The molecule has 0 saturated carbocycles. The van der Waals surface area contributed by atoms with Gasteiger partial charge in [0.1, 0.15) is 5.69 Å². The highest BCUT2D eigenvalue weighted by atomic mass is 16.1. The standard InChI is InChI=1S/C17H25N5O/c1-18-17(23)16-7-6-14(20(16)2)15-5-3-4-9-22(15)12-11-21-10-8-19-13-21/h6-8,10,13,15H,3-5,9,11-12H2,1-2H3,(H,18,23)/t15-/m0/s1. The van der Waals surface area contributed by atoms with E-state index >= 15 is 0 Å². The Morgan fingerprint density at radius 3 is 2.96 bits per heavy atom. The maximum atomic E-state index is 11.9. The number of nitrogens with zero attached hydrogens (tertiary/aromatic N) is 4. The normalized spacial score (nSPS) is 19.0. The second-order valence-corrected chi connectivity index (χ2v) is 6.13. The number of hydrogen-bond donors (Lipinski definition) is 1. The van der Waals surface area contributed by atoms with Crippen molar-refractivity contribution in [1.82, 2.24) is 24.3 Å². The molecule has 1 amide bonds. The second-order valence-electron chi connectivity index (χ2n) is 6.13. The highest BCUT2D eigenvalue weighted by Crippen LogP contribution is 2.31. The van der Waals surface area contributed by atoms with E-state index < -0.39 is 0 Å². The van der Waals surface area contributed by atoms with Gasteiger partial charge in [-0.3, -0.25) is 9.69 Å². The molecule has 3 rings (SSSR count). The van der Waals surface area contributed by atoms with Crippen molar-refractivity contribution in [2.75, 3.05) is 20.1 Å². The Morgan fingerprint density at radius 2 is 2.22 bits per heavy atom. The zero-order valence-corrected chi connectivity index (χ0v) is 13.9. The average Bonchev–Trinajstić information content (AvgIpc) is 3.22. The van der Waals surface area contributed by atoms with Gasteiger partial charge in [-0.1, -0.05) is 6.42 Å². The number of aromatic nitrogens is 3. The maximum Gasteiger partial charge on any atom is 0.267 e. The predicted octanol–water partition coefficient (Wildman–Crippen LogP) is 1.81. The Morgan fingerprint density at radius 1 is 1.35 bits per heavy atom. The first kappa shape index (κ1) is 15.8. The van der Waals surface area contributed by atoms with E-state index in [4.69, 9.17) is 0 Å². The number of piperidine rings is 1. The number of hydrogen-bond acceptors (Lipinski definition) is 3. The lowest BCUT2D eigenvalue weighted by Gasteiger charge is -2.36. The summed E-state index contributed by atoms with van der Waals surface area (Å²) in [6, 6.07) is 4.41. The molecule has 0 unspecified atom stereocenters. The number of carbonyl (C=O) groups excluding carboxylic acids is 1. The molecule has 1 N–H and O–H groups in total. The number of imidazole rings is 1. The molecule has 1 aliphatic rings. The number of rotatable bonds is 5. The van der Waals surface area contributed by atoms with E-state index in [-0.39, 0.29) is 5.91 Å². The fourth-order valence-electron chi connectivity index (χ4n) is 3.47. The summed E-state index contributed by atoms with van der Waals surface area (Å²) in [5.74, 6) is -0.0282. The molecule has 6 heteroatoms. The Hall–Kier alpha value is -2.08. The average molecular weight is 315 g/mol. The fourth-order valence-corrected chi connectivity index (χ4v) is 3.47. The second kappa shape index (κ2) is 7.00. The van der Waals surface area contributed by atoms with Crippen molar-refractivity contribution < 1.29 is 4.79 Å². The van der Waals surface area contributed by atoms with Gasteiger partial charge < -0.3 is 14.5 Å². The van der Waals surface area contributed by atoms with Crippen molar-refractivity contribution in [3.05, 3.63) is 42.2 Å². The van der Waals surface area contributed by atoms with E-state index in [1.54, 1.807) is 7.05 Å². The molecule has 1 atom stereocenters. The van der Waals surface area contributed by atoms with Gasteiger partial charge in [-0.05, 0) is 31.5 Å². The van der Waals surface area contributed by atoms with Crippen molar-refractivity contribution in [1.29, 1.82) is 0 Å². The first-order valence-corrected chi connectivity index (χ1v) is 8.28. The summed E-state index contributed by atoms with van der Waals surface area (Å²) < 4.78 is 4.16. The van der Waals surface area contributed by atoms with Crippen molar-refractivity contribution >= 4 is 5.91 Å². The van der Waals surface area contributed by atoms with Crippen molar-refractivity contribution in [2.45, 2.75) is 31.8 Å². The SMILES string of the molecule is CNC(=O)c1ccc([C@@H]2CCCCN2CCn2ccnc2)n1C. The Bertz CT molecular complexity index is 646. The van der Waals surface area contributed by atoms with Crippen molar-refractivity contribution in [2.24, 2.45) is 7.05 Å². The first-order valence-electron chi connectivity index (χ1n) is 8.28. The van der Waals surface area contributed by atoms with E-state index in [9.17, 15) is 4.79 Å². The monoisotopic (exact) mass is 315 g/mol. The van der Waals surface area contributed by atoms with Gasteiger partial charge in [0, 0.05) is 45.3 Å². The lowest BCUT2D eigenvalue weighted by Crippen LogP contribution is -2.36. The molecule has 124 valence electrons.